The molecule has 0 aliphatic heterocycles. The van der Waals surface area contributed by atoms with Crippen molar-refractivity contribution in [2.45, 2.75) is 12.8 Å². The van der Waals surface area contributed by atoms with E-state index in [-0.39, 0.29) is 5.91 Å². The van der Waals surface area contributed by atoms with Gasteiger partial charge in [0, 0.05) is 24.4 Å². The van der Waals surface area contributed by atoms with E-state index < -0.39 is 0 Å². The number of nitrogens with zero attached hydrogens (tertiary/aromatic N) is 1. The molecule has 6 heteroatoms. The molecule has 82 valence electrons. The largest absolute Gasteiger partial charge is 0.360 e. The van der Waals surface area contributed by atoms with Crippen LogP contribution in [0.25, 0.3) is 0 Å². The highest BCUT2D eigenvalue weighted by Gasteiger charge is 2.28. The second-order valence-corrected chi connectivity index (χ2v) is 5.14. The Kier molecular flexibility index (Phi) is 3.58. The van der Waals surface area contributed by atoms with E-state index in [9.17, 15) is 4.79 Å². The minimum absolute atomic E-state index is 0.192. The molecule has 0 spiro atoms. The fraction of sp³-hybridized carbons (Fsp3) is 0.556. The van der Waals surface area contributed by atoms with E-state index in [1.165, 1.54) is 0 Å². The Morgan fingerprint density at radius 3 is 3.00 bits per heavy atom. The molecule has 1 aromatic heterocycles. The molecule has 2 N–H and O–H groups in total. The Morgan fingerprint density at radius 2 is 2.40 bits per heavy atom. The van der Waals surface area contributed by atoms with Crippen LogP contribution in [0.1, 0.15) is 12.8 Å². The van der Waals surface area contributed by atoms with Crippen molar-refractivity contribution in [3.05, 3.63) is 9.98 Å². The van der Waals surface area contributed by atoms with Gasteiger partial charge in [-0.3, -0.25) is 4.79 Å². The van der Waals surface area contributed by atoms with Gasteiger partial charge in [0.05, 0.1) is 0 Å². The van der Waals surface area contributed by atoms with Crippen molar-refractivity contribution in [2.24, 2.45) is 5.92 Å². The van der Waals surface area contributed by atoms with E-state index >= 15 is 0 Å². The number of thiazole rings is 1. The maximum absolute atomic E-state index is 11.3. The number of halogens is 1. The van der Waals surface area contributed by atoms with E-state index in [4.69, 9.17) is 0 Å². The first-order valence-corrected chi connectivity index (χ1v) is 6.55. The first kappa shape index (κ1) is 10.9. The van der Waals surface area contributed by atoms with Crippen molar-refractivity contribution >= 4 is 38.3 Å². The molecule has 1 amide bonds. The number of nitrogens with one attached hydrogen (secondary N) is 2. The molecule has 1 heterocycles. The van der Waals surface area contributed by atoms with Gasteiger partial charge in [-0.1, -0.05) is 0 Å². The smallest absolute Gasteiger partial charge is 0.223 e. The van der Waals surface area contributed by atoms with E-state index in [1.807, 2.05) is 5.38 Å². The lowest BCUT2D eigenvalue weighted by Gasteiger charge is -2.04. The number of aromatic nitrogens is 1. The monoisotopic (exact) mass is 289 g/mol. The van der Waals surface area contributed by atoms with Crippen molar-refractivity contribution in [3.8, 4) is 0 Å². The molecular formula is C9H12BrN3OS. The van der Waals surface area contributed by atoms with Crippen LogP contribution in [0.2, 0.25) is 0 Å². The molecule has 1 fully saturated rings. The first-order valence-electron chi connectivity index (χ1n) is 4.88. The van der Waals surface area contributed by atoms with Crippen molar-refractivity contribution in [1.82, 2.24) is 10.3 Å². The normalized spacial score (nSPS) is 15.0. The summed E-state index contributed by atoms with van der Waals surface area (Å²) in [5.74, 6) is 0.483. The maximum Gasteiger partial charge on any atom is 0.223 e. The number of rotatable bonds is 5. The molecule has 1 aliphatic rings. The molecule has 0 saturated heterocycles. The van der Waals surface area contributed by atoms with E-state index in [0.29, 0.717) is 12.5 Å². The standard InChI is InChI=1S/C9H12BrN3OS/c10-7-5-15-9(13-7)12-4-3-11-8(14)6-1-2-6/h5-6H,1-4H2,(H,11,14)(H,12,13). The second-order valence-electron chi connectivity index (χ2n) is 3.47. The number of carbonyl (C=O) groups is 1. The highest BCUT2D eigenvalue weighted by molar-refractivity contribution is 9.10. The summed E-state index contributed by atoms with van der Waals surface area (Å²) >= 11 is 4.83. The van der Waals surface area contributed by atoms with E-state index in [1.54, 1.807) is 11.3 Å². The number of hydrogen-bond acceptors (Lipinski definition) is 4. The lowest BCUT2D eigenvalue weighted by atomic mass is 10.4. The van der Waals surface area contributed by atoms with Crippen LogP contribution < -0.4 is 10.6 Å². The van der Waals surface area contributed by atoms with E-state index in [2.05, 4.69) is 31.5 Å². The van der Waals surface area contributed by atoms with Gasteiger partial charge in [0.15, 0.2) is 5.13 Å². The molecule has 1 aliphatic carbocycles. The van der Waals surface area contributed by atoms with Gasteiger partial charge in [0.25, 0.3) is 0 Å². The van der Waals surface area contributed by atoms with Crippen molar-refractivity contribution in [1.29, 1.82) is 0 Å². The SMILES string of the molecule is O=C(NCCNc1nc(Br)cs1)C1CC1. The van der Waals surface area contributed by atoms with Gasteiger partial charge in [-0.15, -0.1) is 11.3 Å². The summed E-state index contributed by atoms with van der Waals surface area (Å²) in [4.78, 5) is 15.4. The zero-order valence-electron chi connectivity index (χ0n) is 8.12. The minimum atomic E-state index is 0.192. The van der Waals surface area contributed by atoms with Crippen LogP contribution in [0.3, 0.4) is 0 Å². The summed E-state index contributed by atoms with van der Waals surface area (Å²) in [5.41, 5.74) is 0. The summed E-state index contributed by atoms with van der Waals surface area (Å²) in [6, 6.07) is 0. The number of anilines is 1. The number of carbonyl (C=O) groups excluding carboxylic acids is 1. The zero-order valence-corrected chi connectivity index (χ0v) is 10.5. The van der Waals surface area contributed by atoms with Gasteiger partial charge in [-0.2, -0.15) is 0 Å². The van der Waals surface area contributed by atoms with Crippen LogP contribution in [-0.4, -0.2) is 24.0 Å². The van der Waals surface area contributed by atoms with Crippen molar-refractivity contribution < 1.29 is 4.79 Å². The summed E-state index contributed by atoms with van der Waals surface area (Å²) in [5, 5.41) is 8.83. The third-order valence-corrected chi connectivity index (χ3v) is 3.63. The third-order valence-electron chi connectivity index (χ3n) is 2.12. The lowest BCUT2D eigenvalue weighted by Crippen LogP contribution is -2.29. The van der Waals surface area contributed by atoms with Crippen molar-refractivity contribution in [3.63, 3.8) is 0 Å². The summed E-state index contributed by atoms with van der Waals surface area (Å²) in [6.07, 6.45) is 2.11. The summed E-state index contributed by atoms with van der Waals surface area (Å²) in [6.45, 7) is 1.38. The molecule has 15 heavy (non-hydrogen) atoms. The van der Waals surface area contributed by atoms with Gasteiger partial charge in [0.1, 0.15) is 4.60 Å². The Balaban J connectivity index is 1.60. The molecule has 0 atom stereocenters. The predicted octanol–water partition coefficient (Wildman–Crippen LogP) is 1.84. The van der Waals surface area contributed by atoms with Crippen LogP contribution in [0.4, 0.5) is 5.13 Å². The molecule has 1 saturated carbocycles. The second kappa shape index (κ2) is 4.94. The molecule has 0 radical (unpaired) electrons. The average Bonchev–Trinajstić information content (AvgIpc) is 2.98. The van der Waals surface area contributed by atoms with Crippen LogP contribution in [0.5, 0.6) is 0 Å². The van der Waals surface area contributed by atoms with Crippen molar-refractivity contribution in [2.75, 3.05) is 18.4 Å². The van der Waals surface area contributed by atoms with Gasteiger partial charge in [0.2, 0.25) is 5.91 Å². The molecule has 4 nitrogen and oxygen atoms in total. The molecule has 2 rings (SSSR count). The fourth-order valence-corrected chi connectivity index (χ4v) is 2.35. The highest BCUT2D eigenvalue weighted by atomic mass is 79.9. The third kappa shape index (κ3) is 3.46. The van der Waals surface area contributed by atoms with Gasteiger partial charge in [-0.05, 0) is 28.8 Å². The molecule has 1 aromatic rings. The summed E-state index contributed by atoms with van der Waals surface area (Å²) in [7, 11) is 0. The molecule has 0 bridgehead atoms. The Morgan fingerprint density at radius 1 is 1.60 bits per heavy atom. The lowest BCUT2D eigenvalue weighted by molar-refractivity contribution is -0.122. The van der Waals surface area contributed by atoms with Gasteiger partial charge >= 0.3 is 0 Å². The number of hydrogen-bond donors (Lipinski definition) is 2. The van der Waals surface area contributed by atoms with Crippen LogP contribution in [-0.2, 0) is 4.79 Å². The molecule has 0 unspecified atom stereocenters. The first-order chi connectivity index (χ1) is 7.25. The van der Waals surface area contributed by atoms with E-state index in [0.717, 1.165) is 29.1 Å². The molecule has 0 aromatic carbocycles. The Hall–Kier alpha value is -0.620. The van der Waals surface area contributed by atoms with Gasteiger partial charge in [-0.25, -0.2) is 4.98 Å². The molecular weight excluding hydrogens is 278 g/mol. The quantitative estimate of drug-likeness (QED) is 0.814. The van der Waals surface area contributed by atoms with Gasteiger partial charge < -0.3 is 10.6 Å². The Bertz CT molecular complexity index is 351. The Labute approximate surface area is 101 Å². The maximum atomic E-state index is 11.3. The topological polar surface area (TPSA) is 54.0 Å². The predicted molar refractivity (Wildman–Crippen MR) is 64.0 cm³/mol. The number of amides is 1. The van der Waals surface area contributed by atoms with Crippen LogP contribution in [0.15, 0.2) is 9.98 Å². The minimum Gasteiger partial charge on any atom is -0.360 e. The van der Waals surface area contributed by atoms with Crippen LogP contribution in [0, 0.1) is 5.92 Å². The fourth-order valence-electron chi connectivity index (χ4n) is 1.18. The zero-order chi connectivity index (χ0) is 10.7. The van der Waals surface area contributed by atoms with Crippen LogP contribution >= 0.6 is 27.3 Å². The highest BCUT2D eigenvalue weighted by Crippen LogP contribution is 2.28. The summed E-state index contributed by atoms with van der Waals surface area (Å²) < 4.78 is 0.844. The average molecular weight is 290 g/mol.